The van der Waals surface area contributed by atoms with Gasteiger partial charge in [0.1, 0.15) is 0 Å². The highest BCUT2D eigenvalue weighted by atomic mass is 32.2. The lowest BCUT2D eigenvalue weighted by Gasteiger charge is -2.15. The fourth-order valence-electron chi connectivity index (χ4n) is 3.09. The average Bonchev–Trinajstić information content (AvgIpc) is 2.68. The quantitative estimate of drug-likeness (QED) is 0.0883. The number of aliphatic hydroxyl groups is 1. The molecule has 0 aliphatic rings. The van der Waals surface area contributed by atoms with Crippen molar-refractivity contribution in [1.29, 1.82) is 0 Å². The zero-order valence-corrected chi connectivity index (χ0v) is 22.4. The first-order valence-corrected chi connectivity index (χ1v) is 17.1. The van der Waals surface area contributed by atoms with Crippen LogP contribution in [0.4, 0.5) is 0 Å². The largest absolute Gasteiger partial charge is 0.466 e. The fourth-order valence-corrected chi connectivity index (χ4v) is 4.58. The Balaban J connectivity index is 3.56. The molecule has 0 aromatic heterocycles. The van der Waals surface area contributed by atoms with Gasteiger partial charge in [0.05, 0.1) is 19.1 Å². The maximum Gasteiger partial charge on any atom is 0.308 e. The lowest BCUT2D eigenvalue weighted by atomic mass is 10.1. The Kier molecular flexibility index (Phi) is 19.7. The average molecular weight is 473 g/mol. The van der Waals surface area contributed by atoms with Crippen LogP contribution in [0.3, 0.4) is 0 Å². The number of thioether (sulfide) groups is 1. The van der Waals surface area contributed by atoms with Gasteiger partial charge in [-0.25, -0.2) is 0 Å². The highest BCUT2D eigenvalue weighted by Crippen LogP contribution is 2.15. The summed E-state index contributed by atoms with van der Waals surface area (Å²) in [5.74, 6) is 0.372. The van der Waals surface area contributed by atoms with Gasteiger partial charge in [-0.2, -0.15) is 0 Å². The Hall–Kier alpha value is -0.593. The van der Waals surface area contributed by atoms with Gasteiger partial charge in [-0.05, 0) is 18.9 Å². The first kappa shape index (κ1) is 30.4. The number of unbranched alkanes of at least 4 members (excludes halogenated alkanes) is 9. The molecule has 1 atom stereocenters. The molecule has 1 N–H and O–H groups in total. The molecule has 0 amide bonds. The third kappa shape index (κ3) is 23.9. The molecule has 0 aliphatic carbocycles. The van der Waals surface area contributed by atoms with E-state index in [2.05, 4.69) is 26.6 Å². The summed E-state index contributed by atoms with van der Waals surface area (Å²) in [6.45, 7) is 9.40. The molecule has 0 saturated heterocycles. The zero-order chi connectivity index (χ0) is 23.4. The summed E-state index contributed by atoms with van der Waals surface area (Å²) in [6, 6.07) is 0.940. The van der Waals surface area contributed by atoms with Gasteiger partial charge in [0.15, 0.2) is 5.12 Å². The number of carbonyl (C=O) groups is 2. The second-order valence-corrected chi connectivity index (χ2v) is 16.4. The summed E-state index contributed by atoms with van der Waals surface area (Å²) in [4.78, 5) is 23.6. The van der Waals surface area contributed by atoms with E-state index in [1.807, 2.05) is 6.08 Å². The van der Waals surface area contributed by atoms with E-state index in [1.54, 1.807) is 6.08 Å². The van der Waals surface area contributed by atoms with Crippen molar-refractivity contribution in [2.75, 3.05) is 12.4 Å². The minimum absolute atomic E-state index is 0.00693. The van der Waals surface area contributed by atoms with Crippen LogP contribution in [-0.4, -0.2) is 42.7 Å². The standard InChI is InChI=1S/C25H48O4SSi/c1-5-6-7-8-9-10-11-12-13-14-18-25(28)30-20-16-15-17-23(26)22-24(27)29-19-21-31(2,3)4/h15,17,23,26H,5-14,16,18-22H2,1-4H3/b17-15+/t23-/m1/s1. The predicted octanol–water partition coefficient (Wildman–Crippen LogP) is 7.14. The van der Waals surface area contributed by atoms with Crippen molar-refractivity contribution in [2.45, 2.75) is 122 Å². The van der Waals surface area contributed by atoms with Crippen LogP contribution in [0, 0.1) is 0 Å². The van der Waals surface area contributed by atoms with E-state index in [1.165, 1.54) is 63.1 Å². The van der Waals surface area contributed by atoms with E-state index in [9.17, 15) is 14.7 Å². The summed E-state index contributed by atoms with van der Waals surface area (Å²) in [5, 5.41) is 10.2. The molecule has 0 saturated carbocycles. The third-order valence-electron chi connectivity index (χ3n) is 5.13. The Morgan fingerprint density at radius 2 is 1.55 bits per heavy atom. The van der Waals surface area contributed by atoms with Gasteiger partial charge in [-0.1, -0.05) is 108 Å². The molecule has 0 aliphatic heterocycles. The van der Waals surface area contributed by atoms with E-state index in [-0.39, 0.29) is 17.5 Å². The molecule has 182 valence electrons. The minimum Gasteiger partial charge on any atom is -0.466 e. The number of esters is 1. The van der Waals surface area contributed by atoms with E-state index in [0.717, 1.165) is 31.1 Å². The number of allylic oxidation sites excluding steroid dienone is 1. The Bertz CT molecular complexity index is 488. The zero-order valence-electron chi connectivity index (χ0n) is 20.6. The van der Waals surface area contributed by atoms with Crippen molar-refractivity contribution >= 4 is 30.9 Å². The second kappa shape index (κ2) is 20.0. The van der Waals surface area contributed by atoms with Crippen molar-refractivity contribution < 1.29 is 19.4 Å². The van der Waals surface area contributed by atoms with Gasteiger partial charge in [-0.3, -0.25) is 9.59 Å². The maximum atomic E-state index is 11.9. The molecule has 0 aromatic carbocycles. The summed E-state index contributed by atoms with van der Waals surface area (Å²) in [5.41, 5.74) is 0. The first-order valence-electron chi connectivity index (χ1n) is 12.4. The van der Waals surface area contributed by atoms with Crippen molar-refractivity contribution in [2.24, 2.45) is 0 Å². The number of carbonyl (C=O) groups excluding carboxylic acids is 2. The van der Waals surface area contributed by atoms with Crippen LogP contribution in [0.2, 0.25) is 25.7 Å². The molecule has 0 radical (unpaired) electrons. The van der Waals surface area contributed by atoms with Crippen LogP contribution in [-0.2, 0) is 14.3 Å². The van der Waals surface area contributed by atoms with Crippen LogP contribution >= 0.6 is 11.8 Å². The molecule has 0 unspecified atom stereocenters. The second-order valence-electron chi connectivity index (χ2n) is 9.67. The molecule has 4 nitrogen and oxygen atoms in total. The van der Waals surface area contributed by atoms with Crippen LogP contribution < -0.4 is 0 Å². The number of rotatable bonds is 20. The van der Waals surface area contributed by atoms with Gasteiger partial charge in [0, 0.05) is 20.2 Å². The topological polar surface area (TPSA) is 63.6 Å². The highest BCUT2D eigenvalue weighted by molar-refractivity contribution is 8.13. The number of aliphatic hydroxyl groups excluding tert-OH is 1. The monoisotopic (exact) mass is 472 g/mol. The number of ether oxygens (including phenoxy) is 1. The first-order chi connectivity index (χ1) is 14.7. The van der Waals surface area contributed by atoms with Crippen LogP contribution in [0.5, 0.6) is 0 Å². The Morgan fingerprint density at radius 1 is 0.968 bits per heavy atom. The number of hydrogen-bond acceptors (Lipinski definition) is 5. The molecule has 0 heterocycles. The van der Waals surface area contributed by atoms with Crippen molar-refractivity contribution in [3.05, 3.63) is 12.2 Å². The van der Waals surface area contributed by atoms with Gasteiger partial charge in [0.2, 0.25) is 0 Å². The van der Waals surface area contributed by atoms with Crippen molar-refractivity contribution in [1.82, 2.24) is 0 Å². The van der Waals surface area contributed by atoms with Crippen LogP contribution in [0.1, 0.15) is 90.4 Å². The fraction of sp³-hybridized carbons (Fsp3) is 0.840. The molecular weight excluding hydrogens is 424 g/mol. The molecule has 0 rings (SSSR count). The Morgan fingerprint density at radius 3 is 2.13 bits per heavy atom. The van der Waals surface area contributed by atoms with Gasteiger partial charge in [-0.15, -0.1) is 0 Å². The van der Waals surface area contributed by atoms with Gasteiger partial charge < -0.3 is 9.84 Å². The molecule has 0 spiro atoms. The van der Waals surface area contributed by atoms with Gasteiger partial charge >= 0.3 is 5.97 Å². The predicted molar refractivity (Wildman–Crippen MR) is 137 cm³/mol. The lowest BCUT2D eigenvalue weighted by molar-refractivity contribution is -0.144. The number of hydrogen-bond donors (Lipinski definition) is 1. The van der Waals surface area contributed by atoms with E-state index in [0.29, 0.717) is 13.0 Å². The Labute approximate surface area is 197 Å². The molecule has 0 aromatic rings. The van der Waals surface area contributed by atoms with Crippen molar-refractivity contribution in [3.63, 3.8) is 0 Å². The highest BCUT2D eigenvalue weighted by Gasteiger charge is 2.15. The normalized spacial score (nSPS) is 12.9. The minimum atomic E-state index is -1.21. The third-order valence-corrected chi connectivity index (χ3v) is 7.80. The lowest BCUT2D eigenvalue weighted by Crippen LogP contribution is -2.23. The summed E-state index contributed by atoms with van der Waals surface area (Å²) < 4.78 is 5.19. The molecular formula is C25H48O4SSi. The summed E-state index contributed by atoms with van der Waals surface area (Å²) >= 11 is 1.38. The van der Waals surface area contributed by atoms with E-state index < -0.39 is 14.2 Å². The molecule has 6 heteroatoms. The van der Waals surface area contributed by atoms with Crippen LogP contribution in [0.25, 0.3) is 0 Å². The van der Waals surface area contributed by atoms with E-state index in [4.69, 9.17) is 4.74 Å². The van der Waals surface area contributed by atoms with Crippen molar-refractivity contribution in [3.8, 4) is 0 Å². The van der Waals surface area contributed by atoms with E-state index >= 15 is 0 Å². The summed E-state index contributed by atoms with van der Waals surface area (Å²) in [7, 11) is -1.21. The van der Waals surface area contributed by atoms with Gasteiger partial charge in [0.25, 0.3) is 0 Å². The molecule has 31 heavy (non-hydrogen) atoms. The summed E-state index contributed by atoms with van der Waals surface area (Å²) in [6.07, 6.45) is 16.8. The maximum absolute atomic E-state index is 11.9. The van der Waals surface area contributed by atoms with Crippen LogP contribution in [0.15, 0.2) is 12.2 Å². The SMILES string of the molecule is CCCCCCCCCCCCC(=O)SCC/C=C/[C@@H](O)CC(=O)OCC[Si](C)(C)C. The molecule has 0 bridgehead atoms. The molecule has 0 fully saturated rings. The smallest absolute Gasteiger partial charge is 0.308 e.